The number of allylic oxidation sites excluding steroid dienone is 4. The van der Waals surface area contributed by atoms with Gasteiger partial charge in [0.25, 0.3) is 0 Å². The number of phenols is 1. The molecule has 2 atom stereocenters. The summed E-state index contributed by atoms with van der Waals surface area (Å²) in [7, 11) is -2.84. The number of rotatable bonds is 8. The van der Waals surface area contributed by atoms with Crippen LogP contribution in [-0.2, 0) is 10.0 Å². The number of aliphatic hydroxyl groups is 1. The number of aryl methyl sites for hydroxylation is 1. The summed E-state index contributed by atoms with van der Waals surface area (Å²) >= 11 is 0. The van der Waals surface area contributed by atoms with Crippen LogP contribution in [0.1, 0.15) is 30.2 Å². The summed E-state index contributed by atoms with van der Waals surface area (Å²) < 4.78 is 35.5. The van der Waals surface area contributed by atoms with Gasteiger partial charge in [-0.15, -0.1) is 10.2 Å². The predicted molar refractivity (Wildman–Crippen MR) is 127 cm³/mol. The van der Waals surface area contributed by atoms with Gasteiger partial charge in [-0.05, 0) is 43.7 Å². The van der Waals surface area contributed by atoms with Gasteiger partial charge in [0.05, 0.1) is 12.7 Å². The van der Waals surface area contributed by atoms with Crippen molar-refractivity contribution in [2.75, 3.05) is 11.8 Å². The molecular weight excluding hydrogens is 472 g/mol. The molecule has 180 valence electrons. The Bertz CT molecular complexity index is 1500. The van der Waals surface area contributed by atoms with Crippen molar-refractivity contribution in [3.05, 3.63) is 77.5 Å². The molecule has 0 fully saturated rings. The normalized spacial score (nSPS) is 14.5. The molecule has 0 saturated heterocycles. The Hall–Kier alpha value is -4.21. The van der Waals surface area contributed by atoms with Crippen LogP contribution in [0, 0.1) is 6.92 Å². The van der Waals surface area contributed by atoms with Gasteiger partial charge < -0.3 is 14.9 Å². The van der Waals surface area contributed by atoms with Crippen LogP contribution in [0.15, 0.2) is 60.3 Å². The van der Waals surface area contributed by atoms with E-state index in [0.29, 0.717) is 5.57 Å². The monoisotopic (exact) mass is 494 g/mol. The van der Waals surface area contributed by atoms with Crippen LogP contribution < -0.4 is 9.46 Å². The lowest BCUT2D eigenvalue weighted by Crippen LogP contribution is -2.32. The quantitative estimate of drug-likeness (QED) is 0.400. The summed E-state index contributed by atoms with van der Waals surface area (Å²) in [5.41, 5.74) is 7.02. The Kier molecular flexibility index (Phi) is 6.54. The Morgan fingerprint density at radius 2 is 1.94 bits per heavy atom. The smallest absolute Gasteiger partial charge is 0.243 e. The van der Waals surface area contributed by atoms with E-state index in [1.807, 2.05) is 0 Å². The first-order valence-electron chi connectivity index (χ1n) is 10.4. The molecule has 12 heteroatoms. The van der Waals surface area contributed by atoms with E-state index in [0.717, 1.165) is 5.56 Å². The number of nitrogens with one attached hydrogen (secondary N) is 1. The zero-order valence-electron chi connectivity index (χ0n) is 19.0. The van der Waals surface area contributed by atoms with Crippen LogP contribution in [0.4, 0.5) is 5.95 Å². The fraction of sp³-hybridized carbons (Fsp3) is 0.217. The van der Waals surface area contributed by atoms with Crippen LogP contribution >= 0.6 is 0 Å². The molecule has 1 aliphatic rings. The molecule has 2 heterocycles. The topological polar surface area (TPSA) is 152 Å². The van der Waals surface area contributed by atoms with Gasteiger partial charge in [-0.2, -0.15) is 0 Å². The van der Waals surface area contributed by atoms with Crippen LogP contribution in [-0.4, -0.2) is 55.7 Å². The highest BCUT2D eigenvalue weighted by atomic mass is 32.2. The number of sulfonamides is 1. The standard InChI is InChI=1S/C23H22N6O5S/c1-14-12-24-21(25-13-14)20(31)15(2)35(32,33)28-23-27-26-22(16-8-5-4-6-9-16)29(23)19-17(30)10-7-11-18(19)34-3/h4-5,7-8,10-13,15,20,30-31H,1-3H3,(H,27,28)/t15-,20-/m0/s1. The predicted octanol–water partition coefficient (Wildman–Crippen LogP) is 2.21. The van der Waals surface area contributed by atoms with Crippen molar-refractivity contribution < 1.29 is 23.4 Å². The lowest BCUT2D eigenvalue weighted by molar-refractivity contribution is 0.166. The molecular formula is C23H22N6O5S. The number of nitrogens with zero attached hydrogens (tertiary/aromatic N) is 5. The van der Waals surface area contributed by atoms with E-state index in [1.54, 1.807) is 37.3 Å². The summed E-state index contributed by atoms with van der Waals surface area (Å²) in [5.74, 6) is -0.0535. The van der Waals surface area contributed by atoms with Gasteiger partial charge in [0.1, 0.15) is 28.5 Å². The zero-order chi connectivity index (χ0) is 25.2. The maximum absolute atomic E-state index is 13.2. The van der Waals surface area contributed by atoms with Crippen molar-refractivity contribution in [1.82, 2.24) is 24.7 Å². The minimum Gasteiger partial charge on any atom is -0.506 e. The van der Waals surface area contributed by atoms with E-state index in [-0.39, 0.29) is 34.8 Å². The third-order valence-electron chi connectivity index (χ3n) is 5.21. The lowest BCUT2D eigenvalue weighted by Gasteiger charge is -2.20. The fourth-order valence-electron chi connectivity index (χ4n) is 3.28. The largest absolute Gasteiger partial charge is 0.506 e. The number of phenolic OH excluding ortho intramolecular Hbond substituents is 1. The average Bonchev–Trinajstić information content (AvgIpc) is 3.26. The number of benzene rings is 1. The van der Waals surface area contributed by atoms with E-state index in [1.165, 1.54) is 37.1 Å². The lowest BCUT2D eigenvalue weighted by atomic mass is 10.2. The number of aliphatic hydroxyl groups excluding tert-OH is 1. The summed E-state index contributed by atoms with van der Waals surface area (Å²) in [4.78, 5) is 8.04. The number of aromatic nitrogens is 5. The third kappa shape index (κ3) is 4.72. The van der Waals surface area contributed by atoms with Crippen molar-refractivity contribution in [2.24, 2.45) is 0 Å². The van der Waals surface area contributed by atoms with E-state index in [2.05, 4.69) is 36.3 Å². The van der Waals surface area contributed by atoms with Crippen molar-refractivity contribution in [3.63, 3.8) is 0 Å². The molecule has 0 unspecified atom stereocenters. The summed E-state index contributed by atoms with van der Waals surface area (Å²) in [5, 5.41) is 28.0. The number of ether oxygens (including phenoxy) is 1. The highest BCUT2D eigenvalue weighted by Crippen LogP contribution is 2.36. The van der Waals surface area contributed by atoms with Crippen LogP contribution in [0.2, 0.25) is 0 Å². The highest BCUT2D eigenvalue weighted by molar-refractivity contribution is 7.93. The van der Waals surface area contributed by atoms with E-state index < -0.39 is 21.4 Å². The van der Waals surface area contributed by atoms with Crippen molar-refractivity contribution >= 4 is 21.5 Å². The molecule has 1 aliphatic carbocycles. The summed E-state index contributed by atoms with van der Waals surface area (Å²) in [6, 6.07) is 4.59. The van der Waals surface area contributed by atoms with Crippen molar-refractivity contribution in [1.29, 1.82) is 0 Å². The Labute approximate surface area is 201 Å². The second kappa shape index (κ2) is 9.57. The van der Waals surface area contributed by atoms with Gasteiger partial charge >= 0.3 is 0 Å². The maximum atomic E-state index is 13.2. The van der Waals surface area contributed by atoms with Gasteiger partial charge in [0.15, 0.2) is 11.6 Å². The van der Waals surface area contributed by atoms with Crippen LogP contribution in [0.25, 0.3) is 11.3 Å². The van der Waals surface area contributed by atoms with Gasteiger partial charge in [-0.1, -0.05) is 23.6 Å². The zero-order valence-corrected chi connectivity index (χ0v) is 19.9. The first-order valence-corrected chi connectivity index (χ1v) is 12.0. The Balaban J connectivity index is 1.80. The third-order valence-corrected chi connectivity index (χ3v) is 6.91. The molecule has 0 amide bonds. The molecule has 35 heavy (non-hydrogen) atoms. The number of methoxy groups -OCH3 is 1. The maximum Gasteiger partial charge on any atom is 0.243 e. The van der Waals surface area contributed by atoms with Gasteiger partial charge in [0, 0.05) is 12.4 Å². The Morgan fingerprint density at radius 1 is 1.20 bits per heavy atom. The highest BCUT2D eigenvalue weighted by Gasteiger charge is 2.33. The molecule has 1 aromatic carbocycles. The SMILES string of the molecule is COc1cccc(O)c1-n1c(NS(=O)(=O)[C@@H](C)[C@H](O)c2ncc(C)cn2)nnc1C1=C=C=CC=C1. The summed E-state index contributed by atoms with van der Waals surface area (Å²) in [6.07, 6.45) is 6.49. The number of hydrogen-bond donors (Lipinski definition) is 3. The Morgan fingerprint density at radius 3 is 2.60 bits per heavy atom. The number of para-hydroxylation sites is 1. The van der Waals surface area contributed by atoms with Crippen LogP contribution in [0.3, 0.4) is 0 Å². The van der Waals surface area contributed by atoms with Crippen LogP contribution in [0.5, 0.6) is 11.5 Å². The summed E-state index contributed by atoms with van der Waals surface area (Å²) in [6.45, 7) is 3.09. The molecule has 0 spiro atoms. The molecule has 2 aromatic heterocycles. The molecule has 0 saturated carbocycles. The molecule has 0 bridgehead atoms. The number of hydrogen-bond acceptors (Lipinski definition) is 9. The van der Waals surface area contributed by atoms with Gasteiger partial charge in [-0.25, -0.2) is 18.4 Å². The second-order valence-corrected chi connectivity index (χ2v) is 9.67. The molecule has 0 aliphatic heterocycles. The minimum atomic E-state index is -4.25. The molecule has 4 rings (SSSR count). The van der Waals surface area contributed by atoms with E-state index in [9.17, 15) is 18.6 Å². The molecule has 11 nitrogen and oxygen atoms in total. The molecule has 3 aromatic rings. The van der Waals surface area contributed by atoms with Crippen molar-refractivity contribution in [3.8, 4) is 17.2 Å². The fourth-order valence-corrected chi connectivity index (χ4v) is 4.31. The molecule has 0 radical (unpaired) electrons. The minimum absolute atomic E-state index is 0.0348. The molecule has 3 N–H and O–H groups in total. The van der Waals surface area contributed by atoms with Crippen molar-refractivity contribution in [2.45, 2.75) is 25.2 Å². The number of anilines is 1. The van der Waals surface area contributed by atoms with E-state index in [4.69, 9.17) is 4.74 Å². The number of aromatic hydroxyl groups is 1. The first kappa shape index (κ1) is 23.9. The average molecular weight is 495 g/mol. The van der Waals surface area contributed by atoms with E-state index >= 15 is 0 Å². The van der Waals surface area contributed by atoms with Gasteiger partial charge in [0.2, 0.25) is 16.0 Å². The first-order chi connectivity index (χ1) is 16.7. The second-order valence-electron chi connectivity index (χ2n) is 7.64. The van der Waals surface area contributed by atoms with Gasteiger partial charge in [-0.3, -0.25) is 9.29 Å².